The molecule has 8 rings (SSSR count). The summed E-state index contributed by atoms with van der Waals surface area (Å²) in [5, 5.41) is 2.74. The molecule has 4 saturated heterocycles. The van der Waals surface area contributed by atoms with Crippen molar-refractivity contribution in [2.45, 2.75) is 84.5 Å². The molecule has 0 saturated carbocycles. The lowest BCUT2D eigenvalue weighted by atomic mass is 9.80. The number of nitrogens with one attached hydrogen (secondary N) is 3. The normalized spacial score (nSPS) is 25.4. The van der Waals surface area contributed by atoms with E-state index in [2.05, 4.69) is 82.6 Å². The van der Waals surface area contributed by atoms with E-state index in [0.717, 1.165) is 77.6 Å². The fourth-order valence-electron chi connectivity index (χ4n) is 9.44. The van der Waals surface area contributed by atoms with E-state index >= 15 is 0 Å². The zero-order valence-electron chi connectivity index (χ0n) is 34.5. The smallest absolute Gasteiger partial charge is 0.407 e. The van der Waals surface area contributed by atoms with Crippen molar-refractivity contribution < 1.29 is 28.6 Å². The van der Waals surface area contributed by atoms with Gasteiger partial charge in [0.25, 0.3) is 0 Å². The summed E-state index contributed by atoms with van der Waals surface area (Å²) in [6.07, 6.45) is 6.76. The molecule has 13 nitrogen and oxygen atoms in total. The van der Waals surface area contributed by atoms with Crippen molar-refractivity contribution in [3.05, 3.63) is 72.6 Å². The van der Waals surface area contributed by atoms with Crippen LogP contribution in [0.5, 0.6) is 0 Å². The Kier molecular flexibility index (Phi) is 11.2. The minimum Gasteiger partial charge on any atom is -0.453 e. The van der Waals surface area contributed by atoms with Gasteiger partial charge in [-0.15, -0.1) is 0 Å². The van der Waals surface area contributed by atoms with Crippen molar-refractivity contribution in [2.24, 2.45) is 29.1 Å². The van der Waals surface area contributed by atoms with E-state index in [0.29, 0.717) is 26.4 Å². The molecule has 4 aromatic rings. The second-order valence-corrected chi connectivity index (χ2v) is 17.6. The van der Waals surface area contributed by atoms with Crippen LogP contribution in [0, 0.1) is 29.1 Å². The van der Waals surface area contributed by atoms with E-state index in [1.165, 1.54) is 7.11 Å². The fraction of sp³-hybridized carbons (Fsp3) is 0.533. The molecule has 0 bridgehead atoms. The zero-order valence-corrected chi connectivity index (χ0v) is 34.5. The maximum absolute atomic E-state index is 14.0. The number of likely N-dealkylation sites (tertiary alicyclic amines) is 2. The summed E-state index contributed by atoms with van der Waals surface area (Å²) in [6, 6.07) is 15.6. The van der Waals surface area contributed by atoms with Crippen LogP contribution in [0.15, 0.2) is 60.9 Å². The molecule has 6 heterocycles. The molecular weight excluding hydrogens is 735 g/mol. The van der Waals surface area contributed by atoms with Gasteiger partial charge >= 0.3 is 6.09 Å². The number of amides is 3. The first kappa shape index (κ1) is 39.8. The number of alkyl carbamates (subject to hydrolysis) is 1. The van der Waals surface area contributed by atoms with Gasteiger partial charge in [-0.1, -0.05) is 83.1 Å². The molecule has 0 radical (unpaired) electrons. The number of carbonyl (C=O) groups is 3. The lowest BCUT2D eigenvalue weighted by molar-refractivity contribution is -0.139. The number of ether oxygens (including phenoxy) is 3. The van der Waals surface area contributed by atoms with Gasteiger partial charge in [-0.2, -0.15) is 0 Å². The average Bonchev–Trinajstić information content (AvgIpc) is 4.08. The number of rotatable bonds is 10. The predicted octanol–water partition coefficient (Wildman–Crippen LogP) is 7.17. The number of hydrogen-bond donors (Lipinski definition) is 3. The van der Waals surface area contributed by atoms with E-state index in [9.17, 15) is 14.4 Å². The third-order valence-corrected chi connectivity index (χ3v) is 13.2. The topological polar surface area (TPSA) is 155 Å². The average molecular weight is 792 g/mol. The first-order chi connectivity index (χ1) is 27.9. The molecule has 13 heteroatoms. The highest BCUT2D eigenvalue weighted by atomic mass is 16.5. The highest BCUT2D eigenvalue weighted by Gasteiger charge is 2.51. The Balaban J connectivity index is 0.960. The lowest BCUT2D eigenvalue weighted by Crippen LogP contribution is -2.53. The van der Waals surface area contributed by atoms with Gasteiger partial charge in [0, 0.05) is 30.4 Å². The first-order valence-electron chi connectivity index (χ1n) is 20.9. The second kappa shape index (κ2) is 16.3. The molecule has 58 heavy (non-hydrogen) atoms. The molecule has 0 aliphatic carbocycles. The lowest BCUT2D eigenvalue weighted by Gasteiger charge is -2.33. The monoisotopic (exact) mass is 791 g/mol. The number of H-pyrrole nitrogens is 2. The maximum Gasteiger partial charge on any atom is 0.407 e. The number of nitrogens with zero attached hydrogens (tertiary/aromatic N) is 4. The molecule has 7 atom stereocenters. The number of methoxy groups -OCH3 is 1. The molecule has 3 amide bonds. The van der Waals surface area contributed by atoms with Crippen molar-refractivity contribution in [1.82, 2.24) is 35.1 Å². The first-order valence-corrected chi connectivity index (χ1v) is 20.9. The number of carbonyl (C=O) groups excluding carboxylic acids is 3. The third-order valence-electron chi connectivity index (χ3n) is 13.2. The number of imidazole rings is 2. The number of aromatic nitrogens is 4. The molecule has 4 aliphatic heterocycles. The number of hydrogen-bond acceptors (Lipinski definition) is 8. The van der Waals surface area contributed by atoms with Crippen LogP contribution in [0.25, 0.3) is 33.6 Å². The molecular formula is C45H57N7O6. The molecule has 3 N–H and O–H groups in total. The van der Waals surface area contributed by atoms with Crippen LogP contribution in [0.4, 0.5) is 4.79 Å². The van der Waals surface area contributed by atoms with Crippen LogP contribution in [0.2, 0.25) is 0 Å². The van der Waals surface area contributed by atoms with Crippen molar-refractivity contribution >= 4 is 17.9 Å². The number of fused-ring (bicyclic) bond motifs is 1. The summed E-state index contributed by atoms with van der Waals surface area (Å²) in [7, 11) is 1.30. The van der Waals surface area contributed by atoms with E-state index < -0.39 is 12.1 Å². The van der Waals surface area contributed by atoms with Gasteiger partial charge in [0.05, 0.1) is 68.8 Å². The van der Waals surface area contributed by atoms with Gasteiger partial charge in [0.2, 0.25) is 11.8 Å². The Labute approximate surface area is 340 Å². The summed E-state index contributed by atoms with van der Waals surface area (Å²) in [4.78, 5) is 60.6. The van der Waals surface area contributed by atoms with Crippen molar-refractivity contribution in [3.63, 3.8) is 0 Å². The zero-order chi connectivity index (χ0) is 40.7. The molecule has 4 aliphatic rings. The van der Waals surface area contributed by atoms with Crippen LogP contribution < -0.4 is 5.32 Å². The quantitative estimate of drug-likeness (QED) is 0.153. The number of aromatic amines is 2. The van der Waals surface area contributed by atoms with E-state index in [1.54, 1.807) is 0 Å². The van der Waals surface area contributed by atoms with Gasteiger partial charge < -0.3 is 39.3 Å². The second-order valence-electron chi connectivity index (χ2n) is 17.6. The van der Waals surface area contributed by atoms with Crippen molar-refractivity contribution in [2.75, 3.05) is 40.1 Å². The molecule has 2 aromatic heterocycles. The van der Waals surface area contributed by atoms with Crippen LogP contribution >= 0.6 is 0 Å². The van der Waals surface area contributed by atoms with Gasteiger partial charge in [-0.05, 0) is 59.8 Å². The summed E-state index contributed by atoms with van der Waals surface area (Å²) in [5.74, 6) is 1.86. The highest BCUT2D eigenvalue weighted by molar-refractivity contribution is 5.87. The standard InChI is InChI=1S/C45H57N7O6/c1-26(2)28(5)42(53)51-24-45(16-7-17-57-25-45)19-37(51)41-47-21-35(49-41)32-14-10-30(11-15-32)29-8-12-31(13-9-29)34-20-46-40(48-34)36-18-33-22-58-23-38(33)52(36)43(54)39(27(3)4)50-44(55)56-6/h8-15,20-21,26-28,33,36-39H,7,16-19,22-25H2,1-6H3,(H,46,48)(H,47,49)(H,50,55)/t28-,33+,36-,37-,38-,39-,45-/m0/s1. The van der Waals surface area contributed by atoms with Crippen LogP contribution in [0.3, 0.4) is 0 Å². The molecule has 308 valence electrons. The van der Waals surface area contributed by atoms with Gasteiger partial charge in [-0.25, -0.2) is 14.8 Å². The Morgan fingerprint density at radius 1 is 0.810 bits per heavy atom. The van der Waals surface area contributed by atoms with Crippen LogP contribution in [0.1, 0.15) is 84.0 Å². The molecule has 1 spiro atoms. The van der Waals surface area contributed by atoms with Crippen LogP contribution in [-0.4, -0.2) is 99.8 Å². The van der Waals surface area contributed by atoms with E-state index in [1.807, 2.05) is 38.1 Å². The molecule has 2 aromatic carbocycles. The summed E-state index contributed by atoms with van der Waals surface area (Å²) in [6.45, 7) is 13.3. The summed E-state index contributed by atoms with van der Waals surface area (Å²) < 4.78 is 16.5. The Morgan fingerprint density at radius 3 is 1.97 bits per heavy atom. The fourth-order valence-corrected chi connectivity index (χ4v) is 9.44. The molecule has 0 unspecified atom stereocenters. The largest absolute Gasteiger partial charge is 0.453 e. The minimum absolute atomic E-state index is 0.0192. The van der Waals surface area contributed by atoms with Gasteiger partial charge in [-0.3, -0.25) is 9.59 Å². The van der Waals surface area contributed by atoms with Gasteiger partial charge in [0.15, 0.2) is 0 Å². The Bertz CT molecular complexity index is 2090. The van der Waals surface area contributed by atoms with Crippen molar-refractivity contribution in [1.29, 1.82) is 0 Å². The Hall–Kier alpha value is -5.01. The molecule has 4 fully saturated rings. The minimum atomic E-state index is -0.731. The van der Waals surface area contributed by atoms with E-state index in [-0.39, 0.29) is 59.0 Å². The van der Waals surface area contributed by atoms with Crippen LogP contribution in [-0.2, 0) is 23.8 Å². The maximum atomic E-state index is 14.0. The van der Waals surface area contributed by atoms with Gasteiger partial charge in [0.1, 0.15) is 17.7 Å². The highest BCUT2D eigenvalue weighted by Crippen LogP contribution is 2.48. The third kappa shape index (κ3) is 7.66. The summed E-state index contributed by atoms with van der Waals surface area (Å²) in [5.41, 5.74) is 5.96. The van der Waals surface area contributed by atoms with E-state index in [4.69, 9.17) is 24.2 Å². The summed E-state index contributed by atoms with van der Waals surface area (Å²) >= 11 is 0. The Morgan fingerprint density at radius 2 is 1.41 bits per heavy atom. The predicted molar refractivity (Wildman–Crippen MR) is 219 cm³/mol. The van der Waals surface area contributed by atoms with Crippen molar-refractivity contribution in [3.8, 4) is 33.6 Å². The number of benzene rings is 2. The SMILES string of the molecule is COC(=O)N[C@H](C(=O)N1[C@H](c2ncc(-c3ccc(-c4ccc(-c5cnc([C@@H]6C[C@@]7(CCCOC7)CN6C(=O)[C@@H](C)C(C)C)[nH]5)cc4)cc3)[nH]2)C[C@@H]2COC[C@@H]21)C(C)C.